The molecule has 0 aliphatic carbocycles. The highest BCUT2D eigenvalue weighted by atomic mass is 35.5. The number of allylic oxidation sites excluding steroid dienone is 3. The molecule has 7 nitrogen and oxygen atoms in total. The van der Waals surface area contributed by atoms with Crippen LogP contribution in [0.1, 0.15) is 19.4 Å². The Bertz CT molecular complexity index is 875. The van der Waals surface area contributed by atoms with Gasteiger partial charge in [0.1, 0.15) is 17.4 Å². The summed E-state index contributed by atoms with van der Waals surface area (Å²) in [6.45, 7) is 1.87. The molecule has 0 aliphatic rings. The molecule has 31 heavy (non-hydrogen) atoms. The number of aliphatic imine (C=N–C) groups is 1. The van der Waals surface area contributed by atoms with E-state index < -0.39 is 29.5 Å². The van der Waals surface area contributed by atoms with Crippen LogP contribution in [0, 0.1) is 11.2 Å². The van der Waals surface area contributed by atoms with Crippen molar-refractivity contribution in [1.29, 1.82) is 5.41 Å². The van der Waals surface area contributed by atoms with E-state index in [-0.39, 0.29) is 30.7 Å². The Balaban J connectivity index is 0.00000161. The molecule has 5 N–H and O–H groups in total. The number of alkyl halides is 3. The van der Waals surface area contributed by atoms with Gasteiger partial charge < -0.3 is 26.4 Å². The summed E-state index contributed by atoms with van der Waals surface area (Å²) in [6.07, 6.45) is -0.421. The number of halogens is 5. The number of nitrogens with one attached hydrogen (secondary N) is 1. The number of nitrogens with two attached hydrogens (primary N) is 2. The highest BCUT2D eigenvalue weighted by Crippen LogP contribution is 2.13. The lowest BCUT2D eigenvalue weighted by atomic mass is 10.2. The summed E-state index contributed by atoms with van der Waals surface area (Å²) in [6, 6.07) is 5.36. The Hall–Kier alpha value is -3.34. The van der Waals surface area contributed by atoms with Gasteiger partial charge in [-0.05, 0) is 31.2 Å². The molecule has 12 heteroatoms. The average molecular weight is 465 g/mol. The van der Waals surface area contributed by atoms with Crippen LogP contribution in [-0.2, 0) is 14.3 Å². The van der Waals surface area contributed by atoms with E-state index in [4.69, 9.17) is 38.0 Å². The topological polar surface area (TPSA) is 124 Å². The van der Waals surface area contributed by atoms with Gasteiger partial charge in [-0.15, -0.1) is 0 Å². The van der Waals surface area contributed by atoms with Crippen LogP contribution in [0.25, 0.3) is 0 Å². The SMILES string of the molecule is CC(F)(F)F.CCOC(=O)/C(N)=C(/N=C(\N)c1cccc(F)c1)O/C(C=N)=C/C=C/Cl. The van der Waals surface area contributed by atoms with Gasteiger partial charge in [-0.25, -0.2) is 9.18 Å². The number of nitrogens with zero attached hydrogens (tertiary/aromatic N) is 1. The Morgan fingerprint density at radius 3 is 2.42 bits per heavy atom. The second-order valence-electron chi connectivity index (χ2n) is 5.36. The van der Waals surface area contributed by atoms with E-state index in [1.165, 1.54) is 35.9 Å². The van der Waals surface area contributed by atoms with Crippen LogP contribution in [0.2, 0.25) is 0 Å². The Labute approximate surface area is 181 Å². The number of hydrogen-bond acceptors (Lipinski definition) is 6. The van der Waals surface area contributed by atoms with E-state index in [1.54, 1.807) is 6.92 Å². The minimum atomic E-state index is -4.00. The highest BCUT2D eigenvalue weighted by Gasteiger charge is 2.17. The summed E-state index contributed by atoms with van der Waals surface area (Å²) in [5.74, 6) is -1.97. The zero-order valence-corrected chi connectivity index (χ0v) is 17.3. The fourth-order valence-electron chi connectivity index (χ4n) is 1.61. The second kappa shape index (κ2) is 13.8. The molecule has 0 aromatic heterocycles. The van der Waals surface area contributed by atoms with Crippen LogP contribution in [0.3, 0.4) is 0 Å². The number of ether oxygens (including phenoxy) is 2. The molecule has 0 spiro atoms. The van der Waals surface area contributed by atoms with Gasteiger partial charge >= 0.3 is 12.1 Å². The number of esters is 1. The highest BCUT2D eigenvalue weighted by molar-refractivity contribution is 6.25. The number of hydrogen-bond donors (Lipinski definition) is 3. The lowest BCUT2D eigenvalue weighted by Crippen LogP contribution is -2.20. The first-order valence-electron chi connectivity index (χ1n) is 8.42. The molecular weight excluding hydrogens is 444 g/mol. The third kappa shape index (κ3) is 12.7. The summed E-state index contributed by atoms with van der Waals surface area (Å²) in [5, 5.41) is 7.33. The van der Waals surface area contributed by atoms with Crippen LogP contribution >= 0.6 is 11.6 Å². The van der Waals surface area contributed by atoms with Crippen molar-refractivity contribution in [2.24, 2.45) is 16.5 Å². The molecular formula is C19H21ClF4N4O3. The van der Waals surface area contributed by atoms with Crippen LogP contribution in [0.15, 0.2) is 64.3 Å². The molecule has 0 aliphatic heterocycles. The number of carbonyl (C=O) groups is 1. The monoisotopic (exact) mass is 464 g/mol. The lowest BCUT2D eigenvalue weighted by Gasteiger charge is -2.10. The molecule has 0 fully saturated rings. The van der Waals surface area contributed by atoms with Gasteiger partial charge in [-0.2, -0.15) is 18.2 Å². The number of amidine groups is 1. The summed E-state index contributed by atoms with van der Waals surface area (Å²) in [7, 11) is 0. The van der Waals surface area contributed by atoms with E-state index in [9.17, 15) is 22.4 Å². The van der Waals surface area contributed by atoms with Gasteiger partial charge in [0.25, 0.3) is 5.88 Å². The fraction of sp³-hybridized carbons (Fsp3) is 0.211. The van der Waals surface area contributed by atoms with Crippen molar-refractivity contribution in [3.63, 3.8) is 0 Å². The maximum absolute atomic E-state index is 13.3. The molecule has 0 unspecified atom stereocenters. The van der Waals surface area contributed by atoms with Crippen molar-refractivity contribution in [3.8, 4) is 0 Å². The molecule has 1 aromatic carbocycles. The fourth-order valence-corrected chi connectivity index (χ4v) is 1.68. The van der Waals surface area contributed by atoms with Crippen molar-refractivity contribution in [2.45, 2.75) is 20.0 Å². The van der Waals surface area contributed by atoms with E-state index in [0.717, 1.165) is 12.3 Å². The van der Waals surface area contributed by atoms with Gasteiger partial charge in [0, 0.05) is 18.0 Å². The second-order valence-corrected chi connectivity index (χ2v) is 5.61. The summed E-state index contributed by atoms with van der Waals surface area (Å²) in [5.41, 5.74) is 12.6. The van der Waals surface area contributed by atoms with Crippen molar-refractivity contribution < 1.29 is 31.8 Å². The van der Waals surface area contributed by atoms with E-state index >= 15 is 0 Å². The lowest BCUT2D eigenvalue weighted by molar-refractivity contribution is -0.138. The Morgan fingerprint density at radius 2 is 1.94 bits per heavy atom. The molecule has 0 bridgehead atoms. The smallest absolute Gasteiger partial charge is 0.386 e. The van der Waals surface area contributed by atoms with Gasteiger partial charge in [-0.1, -0.05) is 23.7 Å². The molecule has 1 aromatic rings. The molecule has 0 radical (unpaired) electrons. The van der Waals surface area contributed by atoms with Crippen molar-refractivity contribution in [2.75, 3.05) is 6.61 Å². The number of rotatable bonds is 8. The number of carbonyl (C=O) groups excluding carboxylic acids is 1. The minimum absolute atomic E-state index is 0.0278. The Morgan fingerprint density at radius 1 is 1.32 bits per heavy atom. The zero-order chi connectivity index (χ0) is 24.0. The first-order valence-corrected chi connectivity index (χ1v) is 8.85. The minimum Gasteiger partial charge on any atom is -0.461 e. The van der Waals surface area contributed by atoms with Crippen LogP contribution in [-0.4, -0.2) is 30.8 Å². The van der Waals surface area contributed by atoms with E-state index in [0.29, 0.717) is 0 Å². The zero-order valence-electron chi connectivity index (χ0n) is 16.5. The molecule has 1 rings (SSSR count). The predicted molar refractivity (Wildman–Crippen MR) is 110 cm³/mol. The average Bonchev–Trinajstić information content (AvgIpc) is 2.68. The molecule has 0 atom stereocenters. The summed E-state index contributed by atoms with van der Waals surface area (Å²) in [4.78, 5) is 15.8. The molecule has 0 heterocycles. The van der Waals surface area contributed by atoms with Gasteiger partial charge in [-0.3, -0.25) is 0 Å². The van der Waals surface area contributed by atoms with Crippen molar-refractivity contribution in [3.05, 3.63) is 70.7 Å². The number of benzene rings is 1. The van der Waals surface area contributed by atoms with Crippen LogP contribution in [0.4, 0.5) is 17.6 Å². The largest absolute Gasteiger partial charge is 0.461 e. The van der Waals surface area contributed by atoms with Gasteiger partial charge in [0.05, 0.1) is 12.8 Å². The predicted octanol–water partition coefficient (Wildman–Crippen LogP) is 4.09. The maximum Gasteiger partial charge on any atom is 0.386 e. The van der Waals surface area contributed by atoms with E-state index in [2.05, 4.69) is 4.99 Å². The first kappa shape index (κ1) is 27.7. The third-order valence-corrected chi connectivity index (χ3v) is 2.90. The first-order chi connectivity index (χ1) is 14.4. The van der Waals surface area contributed by atoms with E-state index in [1.807, 2.05) is 0 Å². The van der Waals surface area contributed by atoms with Crippen LogP contribution in [0.5, 0.6) is 0 Å². The van der Waals surface area contributed by atoms with Crippen molar-refractivity contribution in [1.82, 2.24) is 0 Å². The normalized spacial score (nSPS) is 13.1. The molecule has 170 valence electrons. The Kier molecular flexibility index (Phi) is 12.3. The van der Waals surface area contributed by atoms with Gasteiger partial charge in [0.15, 0.2) is 5.70 Å². The molecule has 0 saturated heterocycles. The molecule has 0 amide bonds. The maximum atomic E-state index is 13.3. The van der Waals surface area contributed by atoms with Crippen molar-refractivity contribution >= 4 is 29.6 Å². The summed E-state index contributed by atoms with van der Waals surface area (Å²) < 4.78 is 54.6. The molecule has 0 saturated carbocycles. The summed E-state index contributed by atoms with van der Waals surface area (Å²) >= 11 is 5.42. The van der Waals surface area contributed by atoms with Crippen LogP contribution < -0.4 is 11.5 Å². The quantitative estimate of drug-likeness (QED) is 0.102. The third-order valence-electron chi connectivity index (χ3n) is 2.76. The standard InChI is InChI=1S/C17H18ClFN4O3.C2H3F3/c1-2-25-17(24)14(21)16(26-13(10-20)7-4-8-18)23-15(22)11-5-3-6-12(19)9-11;1-2(3,4)5/h3-10,20H,2,21H2,1H3,(H2,22,23);1H3/b8-4+,13-7+,16-14+,20-10?;. The van der Waals surface area contributed by atoms with Gasteiger partial charge in [0.2, 0.25) is 0 Å².